The van der Waals surface area contributed by atoms with Crippen LogP contribution in [0.15, 0.2) is 11.8 Å². The minimum Gasteiger partial charge on any atom is -0.504 e. The summed E-state index contributed by atoms with van der Waals surface area (Å²) in [5.74, 6) is 0.852. The quantitative estimate of drug-likeness (QED) is 0.588. The molecule has 2 fully saturated rings. The van der Waals surface area contributed by atoms with Gasteiger partial charge in [-0.1, -0.05) is 0 Å². The zero-order valence-corrected chi connectivity index (χ0v) is 7.58. The van der Waals surface area contributed by atoms with Crippen LogP contribution in [0.25, 0.3) is 0 Å². The molecule has 2 nitrogen and oxygen atoms in total. The standard InChI is InChI=1S/C10H16O2/c1-11-7-8-4-5-12-10(6-8)9-2-3-9/h7,9-10H,2-6H2,1H3. The summed E-state index contributed by atoms with van der Waals surface area (Å²) in [6.07, 6.45) is 7.27. The molecule has 68 valence electrons. The molecule has 0 aromatic carbocycles. The van der Waals surface area contributed by atoms with Crippen molar-refractivity contribution in [3.8, 4) is 0 Å². The zero-order valence-electron chi connectivity index (χ0n) is 7.58. The lowest BCUT2D eigenvalue weighted by Gasteiger charge is -2.24. The predicted molar refractivity (Wildman–Crippen MR) is 46.8 cm³/mol. The molecule has 0 amide bonds. The van der Waals surface area contributed by atoms with Crippen molar-refractivity contribution in [1.82, 2.24) is 0 Å². The van der Waals surface area contributed by atoms with Crippen LogP contribution >= 0.6 is 0 Å². The van der Waals surface area contributed by atoms with Crippen LogP contribution < -0.4 is 0 Å². The predicted octanol–water partition coefficient (Wildman–Crippen LogP) is 2.11. The molecule has 0 spiro atoms. The molecule has 0 N–H and O–H groups in total. The van der Waals surface area contributed by atoms with E-state index in [1.165, 1.54) is 18.4 Å². The van der Waals surface area contributed by atoms with Crippen LogP contribution in [0.4, 0.5) is 0 Å². The zero-order chi connectivity index (χ0) is 8.39. The van der Waals surface area contributed by atoms with Gasteiger partial charge in [-0.15, -0.1) is 0 Å². The van der Waals surface area contributed by atoms with E-state index in [2.05, 4.69) is 0 Å². The first kappa shape index (κ1) is 8.11. The van der Waals surface area contributed by atoms with Crippen LogP contribution in [-0.2, 0) is 9.47 Å². The molecule has 2 heteroatoms. The normalized spacial score (nSPS) is 33.8. The highest BCUT2D eigenvalue weighted by Gasteiger charge is 2.34. The molecule has 1 saturated carbocycles. The summed E-state index contributed by atoms with van der Waals surface area (Å²) in [4.78, 5) is 0. The van der Waals surface area contributed by atoms with Gasteiger partial charge < -0.3 is 9.47 Å². The first-order chi connectivity index (χ1) is 5.90. The molecule has 0 aromatic rings. The molecular weight excluding hydrogens is 152 g/mol. The van der Waals surface area contributed by atoms with Crippen molar-refractivity contribution in [1.29, 1.82) is 0 Å². The maximum Gasteiger partial charge on any atom is 0.0818 e. The number of hydrogen-bond donors (Lipinski definition) is 0. The molecule has 1 heterocycles. The number of methoxy groups -OCH3 is 1. The molecule has 2 rings (SSSR count). The number of rotatable bonds is 2. The SMILES string of the molecule is COC=C1CCOC(C2CC2)C1. The molecule has 1 saturated heterocycles. The van der Waals surface area contributed by atoms with E-state index in [9.17, 15) is 0 Å². The molecule has 0 aromatic heterocycles. The highest BCUT2D eigenvalue weighted by Crippen LogP contribution is 2.39. The molecule has 2 aliphatic rings. The van der Waals surface area contributed by atoms with Gasteiger partial charge in [-0.25, -0.2) is 0 Å². The van der Waals surface area contributed by atoms with Crippen molar-refractivity contribution in [2.75, 3.05) is 13.7 Å². The fourth-order valence-electron chi connectivity index (χ4n) is 1.81. The molecular formula is C10H16O2. The molecule has 0 radical (unpaired) electrons. The Morgan fingerprint density at radius 3 is 3.00 bits per heavy atom. The Bertz CT molecular complexity index is 182. The van der Waals surface area contributed by atoms with Gasteiger partial charge in [0.1, 0.15) is 0 Å². The van der Waals surface area contributed by atoms with Gasteiger partial charge in [-0.3, -0.25) is 0 Å². The van der Waals surface area contributed by atoms with Crippen molar-refractivity contribution in [3.63, 3.8) is 0 Å². The van der Waals surface area contributed by atoms with Gasteiger partial charge in [-0.05, 0) is 37.2 Å². The lowest BCUT2D eigenvalue weighted by molar-refractivity contribution is 0.0202. The van der Waals surface area contributed by atoms with Crippen molar-refractivity contribution in [2.45, 2.75) is 31.8 Å². The Balaban J connectivity index is 1.89. The van der Waals surface area contributed by atoms with E-state index in [4.69, 9.17) is 9.47 Å². The first-order valence-corrected chi connectivity index (χ1v) is 4.72. The third-order valence-electron chi connectivity index (χ3n) is 2.65. The second-order valence-electron chi connectivity index (χ2n) is 3.71. The average molecular weight is 168 g/mol. The van der Waals surface area contributed by atoms with E-state index in [1.54, 1.807) is 7.11 Å². The van der Waals surface area contributed by atoms with Gasteiger partial charge in [0.15, 0.2) is 0 Å². The van der Waals surface area contributed by atoms with E-state index in [0.717, 1.165) is 25.4 Å². The third-order valence-corrected chi connectivity index (χ3v) is 2.65. The summed E-state index contributed by atoms with van der Waals surface area (Å²) >= 11 is 0. The average Bonchev–Trinajstić information content (AvgIpc) is 2.88. The summed E-state index contributed by atoms with van der Waals surface area (Å²) in [6.45, 7) is 0.885. The van der Waals surface area contributed by atoms with Crippen molar-refractivity contribution >= 4 is 0 Å². The second-order valence-corrected chi connectivity index (χ2v) is 3.71. The lowest BCUT2D eigenvalue weighted by atomic mass is 10.0. The fraction of sp³-hybridized carbons (Fsp3) is 0.800. The third kappa shape index (κ3) is 1.81. The van der Waals surface area contributed by atoms with Gasteiger partial charge in [0.2, 0.25) is 0 Å². The van der Waals surface area contributed by atoms with Gasteiger partial charge in [-0.2, -0.15) is 0 Å². The van der Waals surface area contributed by atoms with Crippen LogP contribution in [-0.4, -0.2) is 19.8 Å². The number of hydrogen-bond acceptors (Lipinski definition) is 2. The first-order valence-electron chi connectivity index (χ1n) is 4.72. The Labute approximate surface area is 73.5 Å². The largest absolute Gasteiger partial charge is 0.504 e. The minimum atomic E-state index is 0.500. The maximum absolute atomic E-state index is 5.68. The van der Waals surface area contributed by atoms with Crippen molar-refractivity contribution < 1.29 is 9.47 Å². The topological polar surface area (TPSA) is 18.5 Å². The smallest absolute Gasteiger partial charge is 0.0818 e. The summed E-state index contributed by atoms with van der Waals surface area (Å²) in [5, 5.41) is 0. The van der Waals surface area contributed by atoms with Gasteiger partial charge in [0.05, 0.1) is 26.1 Å². The van der Waals surface area contributed by atoms with Gasteiger partial charge in [0.25, 0.3) is 0 Å². The summed E-state index contributed by atoms with van der Waals surface area (Å²) in [7, 11) is 1.72. The Morgan fingerprint density at radius 1 is 1.50 bits per heavy atom. The second kappa shape index (κ2) is 3.48. The monoisotopic (exact) mass is 168 g/mol. The highest BCUT2D eigenvalue weighted by atomic mass is 16.5. The molecule has 0 bridgehead atoms. The van der Waals surface area contributed by atoms with E-state index >= 15 is 0 Å². The van der Waals surface area contributed by atoms with Gasteiger partial charge in [0, 0.05) is 0 Å². The lowest BCUT2D eigenvalue weighted by Crippen LogP contribution is -2.22. The molecule has 1 unspecified atom stereocenters. The van der Waals surface area contributed by atoms with Crippen LogP contribution in [0.2, 0.25) is 0 Å². The van der Waals surface area contributed by atoms with E-state index < -0.39 is 0 Å². The molecule has 1 atom stereocenters. The van der Waals surface area contributed by atoms with E-state index in [1.807, 2.05) is 6.26 Å². The summed E-state index contributed by atoms with van der Waals surface area (Å²) in [5.41, 5.74) is 1.42. The Hall–Kier alpha value is -0.500. The van der Waals surface area contributed by atoms with Gasteiger partial charge >= 0.3 is 0 Å². The number of ether oxygens (including phenoxy) is 2. The Morgan fingerprint density at radius 2 is 2.33 bits per heavy atom. The van der Waals surface area contributed by atoms with Crippen molar-refractivity contribution in [2.24, 2.45) is 5.92 Å². The van der Waals surface area contributed by atoms with Crippen LogP contribution in [0.1, 0.15) is 25.7 Å². The van der Waals surface area contributed by atoms with Crippen LogP contribution in [0.5, 0.6) is 0 Å². The molecule has 1 aliphatic heterocycles. The van der Waals surface area contributed by atoms with E-state index in [0.29, 0.717) is 6.10 Å². The van der Waals surface area contributed by atoms with Crippen LogP contribution in [0, 0.1) is 5.92 Å². The molecule has 1 aliphatic carbocycles. The highest BCUT2D eigenvalue weighted by molar-refractivity contribution is 5.05. The summed E-state index contributed by atoms with van der Waals surface area (Å²) < 4.78 is 10.7. The fourth-order valence-corrected chi connectivity index (χ4v) is 1.81. The maximum atomic E-state index is 5.68. The van der Waals surface area contributed by atoms with Crippen molar-refractivity contribution in [3.05, 3.63) is 11.8 Å². The molecule has 12 heavy (non-hydrogen) atoms. The minimum absolute atomic E-state index is 0.500. The Kier molecular flexibility index (Phi) is 2.35. The van der Waals surface area contributed by atoms with Crippen LogP contribution in [0.3, 0.4) is 0 Å². The summed E-state index contributed by atoms with van der Waals surface area (Å²) in [6, 6.07) is 0. The van der Waals surface area contributed by atoms with E-state index in [-0.39, 0.29) is 0 Å².